The summed E-state index contributed by atoms with van der Waals surface area (Å²) in [4.78, 5) is 11.9. The van der Waals surface area contributed by atoms with Crippen molar-refractivity contribution in [3.63, 3.8) is 0 Å². The van der Waals surface area contributed by atoms with Gasteiger partial charge in [0.05, 0.1) is 19.9 Å². The highest BCUT2D eigenvalue weighted by Crippen LogP contribution is 2.32. The van der Waals surface area contributed by atoms with Gasteiger partial charge in [-0.2, -0.15) is 0 Å². The van der Waals surface area contributed by atoms with E-state index in [4.69, 9.17) is 34.8 Å². The molecule has 17 heavy (non-hydrogen) atoms. The monoisotopic (exact) mass is 356 g/mol. The molecule has 0 spiro atoms. The van der Waals surface area contributed by atoms with Gasteiger partial charge in [-0.25, -0.2) is 0 Å². The second-order valence-electron chi connectivity index (χ2n) is 4.22. The van der Waals surface area contributed by atoms with Crippen molar-refractivity contribution >= 4 is 56.5 Å². The van der Waals surface area contributed by atoms with Crippen LogP contribution in [0.4, 0.5) is 0 Å². The predicted octanol–water partition coefficient (Wildman–Crippen LogP) is 5.64. The molecule has 0 bridgehead atoms. The van der Waals surface area contributed by atoms with E-state index in [1.807, 2.05) is 0 Å². The van der Waals surface area contributed by atoms with E-state index in [9.17, 15) is 4.79 Å². The molecule has 0 aromatic heterocycles. The van der Waals surface area contributed by atoms with Crippen molar-refractivity contribution in [2.24, 2.45) is 5.92 Å². The Morgan fingerprint density at radius 3 is 2.12 bits per heavy atom. The summed E-state index contributed by atoms with van der Waals surface area (Å²) >= 11 is 21.0. The summed E-state index contributed by atoms with van der Waals surface area (Å²) in [7, 11) is 0. The minimum Gasteiger partial charge on any atom is -0.293 e. The zero-order chi connectivity index (χ0) is 13.2. The molecule has 1 rings (SSSR count). The Hall–Kier alpha value is 0.240. The molecule has 94 valence electrons. The lowest BCUT2D eigenvalue weighted by atomic mass is 10.0. The highest BCUT2D eigenvalue weighted by Gasteiger charge is 2.20. The summed E-state index contributed by atoms with van der Waals surface area (Å²) < 4.78 is 0. The topological polar surface area (TPSA) is 17.1 Å². The van der Waals surface area contributed by atoms with E-state index in [0.717, 1.165) is 6.42 Å². The second-order valence-corrected chi connectivity index (χ2v) is 6.51. The smallest absolute Gasteiger partial charge is 0.176 e. The molecule has 1 aromatic carbocycles. The van der Waals surface area contributed by atoms with Crippen LogP contribution in [0, 0.1) is 5.92 Å². The lowest BCUT2D eigenvalue weighted by molar-refractivity contribution is 0.0984. The fourth-order valence-corrected chi connectivity index (χ4v) is 3.01. The summed E-state index contributed by atoms with van der Waals surface area (Å²) in [6, 6.07) is 3.10. The SMILES string of the molecule is CC(C)CC(Br)C(=O)c1cc(Cl)c(Cl)c(Cl)c1. The Balaban J connectivity index is 2.97. The number of carbonyl (C=O) groups is 1. The largest absolute Gasteiger partial charge is 0.293 e. The van der Waals surface area contributed by atoms with Gasteiger partial charge < -0.3 is 0 Å². The summed E-state index contributed by atoms with van der Waals surface area (Å²) in [6.07, 6.45) is 0.761. The first kappa shape index (κ1) is 15.3. The zero-order valence-electron chi connectivity index (χ0n) is 9.44. The van der Waals surface area contributed by atoms with Crippen LogP contribution in [0.3, 0.4) is 0 Å². The van der Waals surface area contributed by atoms with Gasteiger partial charge >= 0.3 is 0 Å². The maximum Gasteiger partial charge on any atom is 0.176 e. The molecule has 1 unspecified atom stereocenters. The number of benzene rings is 1. The normalized spacial score (nSPS) is 12.9. The van der Waals surface area contributed by atoms with Crippen LogP contribution in [0.25, 0.3) is 0 Å². The minimum absolute atomic E-state index is 0.0285. The first-order chi connectivity index (χ1) is 7.82. The van der Waals surface area contributed by atoms with Gasteiger partial charge in [0.25, 0.3) is 0 Å². The third-order valence-corrected chi connectivity index (χ3v) is 4.22. The van der Waals surface area contributed by atoms with E-state index in [0.29, 0.717) is 21.5 Å². The molecule has 0 saturated carbocycles. The summed E-state index contributed by atoms with van der Waals surface area (Å²) in [6.45, 7) is 4.12. The van der Waals surface area contributed by atoms with Gasteiger partial charge in [-0.3, -0.25) is 4.79 Å². The van der Waals surface area contributed by atoms with Crippen molar-refractivity contribution in [3.8, 4) is 0 Å². The van der Waals surface area contributed by atoms with Crippen LogP contribution in [-0.2, 0) is 0 Å². The standard InChI is InChI=1S/C12H12BrCl3O/c1-6(2)3-8(13)12(17)7-4-9(14)11(16)10(15)5-7/h4-6,8H,3H2,1-2H3. The Morgan fingerprint density at radius 2 is 1.71 bits per heavy atom. The zero-order valence-corrected chi connectivity index (χ0v) is 13.3. The highest BCUT2D eigenvalue weighted by molar-refractivity contribution is 9.10. The van der Waals surface area contributed by atoms with Crippen LogP contribution in [0.1, 0.15) is 30.6 Å². The Kier molecular flexibility index (Phi) is 5.78. The Labute approximate surface area is 125 Å². The molecule has 0 amide bonds. The fraction of sp³-hybridized carbons (Fsp3) is 0.417. The minimum atomic E-state index is -0.226. The predicted molar refractivity (Wildman–Crippen MR) is 78.0 cm³/mol. The Morgan fingerprint density at radius 1 is 1.24 bits per heavy atom. The molecule has 0 N–H and O–H groups in total. The van der Waals surface area contributed by atoms with Crippen LogP contribution >= 0.6 is 50.7 Å². The van der Waals surface area contributed by atoms with E-state index in [1.165, 1.54) is 0 Å². The van der Waals surface area contributed by atoms with Crippen LogP contribution in [-0.4, -0.2) is 10.6 Å². The maximum atomic E-state index is 12.1. The highest BCUT2D eigenvalue weighted by atomic mass is 79.9. The van der Waals surface area contributed by atoms with Gasteiger partial charge in [0.15, 0.2) is 5.78 Å². The molecular weight excluding hydrogens is 346 g/mol. The first-order valence-corrected chi connectivity index (χ1v) is 7.20. The molecule has 1 aromatic rings. The van der Waals surface area contributed by atoms with E-state index >= 15 is 0 Å². The van der Waals surface area contributed by atoms with E-state index in [2.05, 4.69) is 29.8 Å². The van der Waals surface area contributed by atoms with Gasteiger partial charge in [0, 0.05) is 5.56 Å². The molecule has 1 atom stereocenters. The number of Topliss-reactive ketones (excluding diaryl/α,β-unsaturated/α-hetero) is 1. The molecule has 0 saturated heterocycles. The average Bonchev–Trinajstić information content (AvgIpc) is 2.23. The molecule has 0 aliphatic carbocycles. The maximum absolute atomic E-state index is 12.1. The molecule has 0 heterocycles. The third kappa shape index (κ3) is 4.13. The molecular formula is C12H12BrCl3O. The molecule has 1 nitrogen and oxygen atoms in total. The van der Waals surface area contributed by atoms with Gasteiger partial charge in [0.2, 0.25) is 0 Å². The number of alkyl halides is 1. The van der Waals surface area contributed by atoms with Crippen LogP contribution < -0.4 is 0 Å². The lowest BCUT2D eigenvalue weighted by Gasteiger charge is -2.12. The van der Waals surface area contributed by atoms with E-state index < -0.39 is 0 Å². The summed E-state index contributed by atoms with van der Waals surface area (Å²) in [5.41, 5.74) is 0.479. The van der Waals surface area contributed by atoms with E-state index in [-0.39, 0.29) is 15.6 Å². The van der Waals surface area contributed by atoms with Crippen LogP contribution in [0.5, 0.6) is 0 Å². The van der Waals surface area contributed by atoms with Crippen LogP contribution in [0.2, 0.25) is 15.1 Å². The second kappa shape index (κ2) is 6.42. The molecule has 0 fully saturated rings. The van der Waals surface area contributed by atoms with Crippen molar-refractivity contribution in [3.05, 3.63) is 32.8 Å². The number of rotatable bonds is 4. The number of hydrogen-bond donors (Lipinski definition) is 0. The number of hydrogen-bond acceptors (Lipinski definition) is 1. The number of halogens is 4. The van der Waals surface area contributed by atoms with Crippen molar-refractivity contribution in [2.75, 3.05) is 0 Å². The summed E-state index contributed by atoms with van der Waals surface area (Å²) in [5.74, 6) is 0.403. The van der Waals surface area contributed by atoms with Crippen molar-refractivity contribution in [1.82, 2.24) is 0 Å². The fourth-order valence-electron chi connectivity index (χ4n) is 1.40. The average molecular weight is 358 g/mol. The number of carbonyl (C=O) groups excluding carboxylic acids is 1. The molecule has 0 aliphatic rings. The molecule has 0 radical (unpaired) electrons. The van der Waals surface area contributed by atoms with Crippen molar-refractivity contribution < 1.29 is 4.79 Å². The van der Waals surface area contributed by atoms with Gasteiger partial charge in [-0.15, -0.1) is 0 Å². The lowest BCUT2D eigenvalue weighted by Crippen LogP contribution is -2.16. The van der Waals surface area contributed by atoms with Gasteiger partial charge in [0.1, 0.15) is 0 Å². The van der Waals surface area contributed by atoms with Crippen LogP contribution in [0.15, 0.2) is 12.1 Å². The third-order valence-electron chi connectivity index (χ3n) is 2.23. The van der Waals surface area contributed by atoms with E-state index in [1.54, 1.807) is 12.1 Å². The van der Waals surface area contributed by atoms with Gasteiger partial charge in [-0.05, 0) is 24.5 Å². The number of ketones is 1. The van der Waals surface area contributed by atoms with Gasteiger partial charge in [-0.1, -0.05) is 64.6 Å². The molecule has 0 aliphatic heterocycles. The van der Waals surface area contributed by atoms with Crippen molar-refractivity contribution in [1.29, 1.82) is 0 Å². The Bertz CT molecular complexity index is 409. The quantitative estimate of drug-likeness (QED) is 0.387. The first-order valence-electron chi connectivity index (χ1n) is 5.15. The molecule has 5 heteroatoms. The summed E-state index contributed by atoms with van der Waals surface area (Å²) in [5, 5.41) is 0.874. The van der Waals surface area contributed by atoms with Crippen molar-refractivity contribution in [2.45, 2.75) is 25.1 Å².